The van der Waals surface area contributed by atoms with Gasteiger partial charge in [-0.3, -0.25) is 9.59 Å². The lowest BCUT2D eigenvalue weighted by Crippen LogP contribution is -2.37. The molecule has 1 saturated heterocycles. The van der Waals surface area contributed by atoms with Crippen LogP contribution >= 0.6 is 35.0 Å². The Morgan fingerprint density at radius 2 is 2.18 bits per heavy atom. The van der Waals surface area contributed by atoms with E-state index < -0.39 is 6.04 Å². The molecule has 0 spiro atoms. The molecule has 0 aliphatic carbocycles. The third-order valence-corrected chi connectivity index (χ3v) is 3.97. The fourth-order valence-electron chi connectivity index (χ4n) is 1.54. The van der Waals surface area contributed by atoms with Crippen LogP contribution in [0.1, 0.15) is 16.8 Å². The summed E-state index contributed by atoms with van der Waals surface area (Å²) in [4.78, 5) is 23.3. The molecular formula is C11H9Cl2NO2S. The molecule has 1 heterocycles. The summed E-state index contributed by atoms with van der Waals surface area (Å²) >= 11 is 12.9. The van der Waals surface area contributed by atoms with Gasteiger partial charge in [-0.1, -0.05) is 35.0 Å². The SMILES string of the molecule is O=C(N[C@@H]1CCSC1=O)c1ccc(Cl)cc1Cl. The third kappa shape index (κ3) is 2.94. The van der Waals surface area contributed by atoms with Gasteiger partial charge < -0.3 is 5.32 Å². The van der Waals surface area contributed by atoms with Crippen LogP contribution in [0.4, 0.5) is 0 Å². The maximum Gasteiger partial charge on any atom is 0.253 e. The zero-order chi connectivity index (χ0) is 12.4. The minimum atomic E-state index is -0.403. The largest absolute Gasteiger partial charge is 0.341 e. The van der Waals surface area contributed by atoms with Gasteiger partial charge in [0.2, 0.25) is 5.12 Å². The van der Waals surface area contributed by atoms with Crippen LogP contribution in [0.15, 0.2) is 18.2 Å². The van der Waals surface area contributed by atoms with Gasteiger partial charge in [0.15, 0.2) is 0 Å². The smallest absolute Gasteiger partial charge is 0.253 e. The molecule has 1 fully saturated rings. The second-order valence-electron chi connectivity index (χ2n) is 3.61. The molecule has 1 aliphatic heterocycles. The Labute approximate surface area is 113 Å². The van der Waals surface area contributed by atoms with Crippen molar-refractivity contribution in [2.75, 3.05) is 5.75 Å². The summed E-state index contributed by atoms with van der Waals surface area (Å²) in [6, 6.07) is 4.24. The van der Waals surface area contributed by atoms with Gasteiger partial charge in [-0.05, 0) is 24.6 Å². The quantitative estimate of drug-likeness (QED) is 0.911. The normalized spacial score (nSPS) is 19.4. The average molecular weight is 290 g/mol. The van der Waals surface area contributed by atoms with Crippen LogP contribution in [0.2, 0.25) is 10.0 Å². The van der Waals surface area contributed by atoms with E-state index in [4.69, 9.17) is 23.2 Å². The third-order valence-electron chi connectivity index (χ3n) is 2.42. The number of nitrogens with one attached hydrogen (secondary N) is 1. The van der Waals surface area contributed by atoms with Crippen LogP contribution in [0.25, 0.3) is 0 Å². The molecule has 1 aromatic rings. The Kier molecular flexibility index (Phi) is 3.97. The van der Waals surface area contributed by atoms with Crippen molar-refractivity contribution in [1.82, 2.24) is 5.32 Å². The van der Waals surface area contributed by atoms with Gasteiger partial charge in [0.05, 0.1) is 16.6 Å². The second kappa shape index (κ2) is 5.29. The number of thioether (sulfide) groups is 1. The van der Waals surface area contributed by atoms with Crippen molar-refractivity contribution in [3.05, 3.63) is 33.8 Å². The molecule has 1 atom stereocenters. The van der Waals surface area contributed by atoms with Crippen LogP contribution in [0.3, 0.4) is 0 Å². The molecule has 3 nitrogen and oxygen atoms in total. The van der Waals surface area contributed by atoms with Crippen molar-refractivity contribution >= 4 is 46.0 Å². The molecule has 2 rings (SSSR count). The van der Waals surface area contributed by atoms with Crippen molar-refractivity contribution in [2.45, 2.75) is 12.5 Å². The van der Waals surface area contributed by atoms with Crippen LogP contribution in [0.5, 0.6) is 0 Å². The highest BCUT2D eigenvalue weighted by atomic mass is 35.5. The molecule has 1 N–H and O–H groups in total. The van der Waals surface area contributed by atoms with E-state index in [0.717, 1.165) is 5.75 Å². The van der Waals surface area contributed by atoms with E-state index in [9.17, 15) is 9.59 Å². The van der Waals surface area contributed by atoms with Gasteiger partial charge in [-0.25, -0.2) is 0 Å². The van der Waals surface area contributed by atoms with Crippen LogP contribution in [0, 0.1) is 0 Å². The predicted molar refractivity (Wildman–Crippen MR) is 69.8 cm³/mol. The van der Waals surface area contributed by atoms with E-state index in [-0.39, 0.29) is 16.0 Å². The lowest BCUT2D eigenvalue weighted by Gasteiger charge is -2.11. The summed E-state index contributed by atoms with van der Waals surface area (Å²) in [6.45, 7) is 0. The molecule has 0 aromatic heterocycles. The Morgan fingerprint density at radius 1 is 1.41 bits per heavy atom. The Bertz CT molecular complexity index is 479. The van der Waals surface area contributed by atoms with Gasteiger partial charge in [0, 0.05) is 10.8 Å². The monoisotopic (exact) mass is 289 g/mol. The highest BCUT2D eigenvalue weighted by molar-refractivity contribution is 8.14. The molecule has 0 unspecified atom stereocenters. The molecule has 1 amide bonds. The molecule has 0 bridgehead atoms. The molecule has 0 radical (unpaired) electrons. The van der Waals surface area contributed by atoms with E-state index in [1.54, 1.807) is 12.1 Å². The number of halogens is 2. The summed E-state index contributed by atoms with van der Waals surface area (Å²) in [5, 5.41) is 3.43. The topological polar surface area (TPSA) is 46.2 Å². The maximum atomic E-state index is 11.9. The van der Waals surface area contributed by atoms with Gasteiger partial charge in [0.25, 0.3) is 5.91 Å². The zero-order valence-corrected chi connectivity index (χ0v) is 11.0. The van der Waals surface area contributed by atoms with Gasteiger partial charge >= 0.3 is 0 Å². The Balaban J connectivity index is 2.11. The van der Waals surface area contributed by atoms with Gasteiger partial charge in [-0.2, -0.15) is 0 Å². The number of hydrogen-bond acceptors (Lipinski definition) is 3. The van der Waals surface area contributed by atoms with E-state index in [1.165, 1.54) is 17.8 Å². The molecular weight excluding hydrogens is 281 g/mol. The zero-order valence-electron chi connectivity index (χ0n) is 8.70. The number of amides is 1. The lowest BCUT2D eigenvalue weighted by atomic mass is 10.2. The van der Waals surface area contributed by atoms with E-state index in [2.05, 4.69) is 5.32 Å². The fourth-order valence-corrected chi connectivity index (χ4v) is 2.96. The summed E-state index contributed by atoms with van der Waals surface area (Å²) in [5.41, 5.74) is 0.334. The molecule has 1 aliphatic rings. The summed E-state index contributed by atoms with van der Waals surface area (Å²) in [6.07, 6.45) is 0.667. The first-order valence-corrected chi connectivity index (χ1v) is 6.74. The molecule has 17 heavy (non-hydrogen) atoms. The van der Waals surface area contributed by atoms with E-state index in [1.807, 2.05) is 0 Å². The van der Waals surface area contributed by atoms with Crippen molar-refractivity contribution in [1.29, 1.82) is 0 Å². The van der Waals surface area contributed by atoms with Crippen molar-refractivity contribution in [3.8, 4) is 0 Å². The first-order chi connectivity index (χ1) is 8.08. The van der Waals surface area contributed by atoms with Crippen molar-refractivity contribution < 1.29 is 9.59 Å². The average Bonchev–Trinajstić information content (AvgIpc) is 2.64. The molecule has 90 valence electrons. The van der Waals surface area contributed by atoms with Crippen LogP contribution in [-0.2, 0) is 4.79 Å². The first kappa shape index (κ1) is 12.7. The van der Waals surface area contributed by atoms with Gasteiger partial charge in [-0.15, -0.1) is 0 Å². The Morgan fingerprint density at radius 3 is 2.76 bits per heavy atom. The van der Waals surface area contributed by atoms with Crippen LogP contribution < -0.4 is 5.32 Å². The molecule has 6 heteroatoms. The summed E-state index contributed by atoms with van der Waals surface area (Å²) in [5.74, 6) is 0.408. The Hall–Kier alpha value is -0.710. The van der Waals surface area contributed by atoms with E-state index >= 15 is 0 Å². The first-order valence-electron chi connectivity index (χ1n) is 5.00. The number of carbonyl (C=O) groups is 2. The number of hydrogen-bond donors (Lipinski definition) is 1. The maximum absolute atomic E-state index is 11.9. The summed E-state index contributed by atoms with van der Waals surface area (Å²) < 4.78 is 0. The number of benzene rings is 1. The van der Waals surface area contributed by atoms with E-state index in [0.29, 0.717) is 17.0 Å². The van der Waals surface area contributed by atoms with Crippen LogP contribution in [-0.4, -0.2) is 22.8 Å². The lowest BCUT2D eigenvalue weighted by molar-refractivity contribution is -0.112. The van der Waals surface area contributed by atoms with Crippen molar-refractivity contribution in [2.24, 2.45) is 0 Å². The summed E-state index contributed by atoms with van der Waals surface area (Å²) in [7, 11) is 0. The second-order valence-corrected chi connectivity index (χ2v) is 5.55. The minimum absolute atomic E-state index is 0.00318. The predicted octanol–water partition coefficient (Wildman–Crippen LogP) is 2.76. The van der Waals surface area contributed by atoms with Crippen molar-refractivity contribution in [3.63, 3.8) is 0 Å². The standard InChI is InChI=1S/C11H9Cl2NO2S/c12-6-1-2-7(8(13)5-6)10(15)14-9-3-4-17-11(9)16/h1-2,5,9H,3-4H2,(H,14,15)/t9-/m1/s1. The number of rotatable bonds is 2. The fraction of sp³-hybridized carbons (Fsp3) is 0.273. The highest BCUT2D eigenvalue weighted by Crippen LogP contribution is 2.23. The minimum Gasteiger partial charge on any atom is -0.341 e. The highest BCUT2D eigenvalue weighted by Gasteiger charge is 2.27. The molecule has 1 aromatic carbocycles. The number of carbonyl (C=O) groups excluding carboxylic acids is 2. The van der Waals surface area contributed by atoms with Gasteiger partial charge in [0.1, 0.15) is 0 Å². The molecule has 0 saturated carbocycles.